The topological polar surface area (TPSA) is 70.6 Å². The van der Waals surface area contributed by atoms with Crippen molar-refractivity contribution in [3.05, 3.63) is 23.8 Å². The third kappa shape index (κ3) is 6.35. The van der Waals surface area contributed by atoms with Crippen molar-refractivity contribution >= 4 is 11.7 Å². The highest BCUT2D eigenvalue weighted by molar-refractivity contribution is 5.90. The average Bonchev–Trinajstić information content (AvgIpc) is 2.48. The highest BCUT2D eigenvalue weighted by Gasteiger charge is 2.11. The zero-order valence-electron chi connectivity index (χ0n) is 13.8. The van der Waals surface area contributed by atoms with Crippen molar-refractivity contribution in [3.63, 3.8) is 0 Å². The first-order valence-electron chi connectivity index (χ1n) is 7.99. The fourth-order valence-corrected chi connectivity index (χ4v) is 2.35. The molecule has 0 saturated carbocycles. The summed E-state index contributed by atoms with van der Waals surface area (Å²) in [5.41, 5.74) is 1.75. The van der Waals surface area contributed by atoms with E-state index in [-0.39, 0.29) is 12.6 Å². The third-order valence-electron chi connectivity index (χ3n) is 3.47. The lowest BCUT2D eigenvalue weighted by Crippen LogP contribution is -2.33. The van der Waals surface area contributed by atoms with E-state index in [0.717, 1.165) is 18.4 Å². The number of rotatable bonds is 9. The molecule has 0 aliphatic rings. The molecule has 0 aliphatic carbocycles. The van der Waals surface area contributed by atoms with E-state index in [2.05, 4.69) is 17.6 Å². The molecule has 0 heterocycles. The Hall–Kier alpha value is -1.75. The number of aryl methyl sites for hydroxylation is 1. The summed E-state index contributed by atoms with van der Waals surface area (Å²) in [4.78, 5) is 12.0. The Morgan fingerprint density at radius 3 is 2.73 bits per heavy atom. The summed E-state index contributed by atoms with van der Waals surface area (Å²) in [5, 5.41) is 14.7. The lowest BCUT2D eigenvalue weighted by atomic mass is 10.0. The molecule has 0 aliphatic heterocycles. The SMILES string of the molecule is CCCC(CCO)CNC(=O)Nc1ccc(C)cc1OCC. The lowest BCUT2D eigenvalue weighted by Gasteiger charge is -2.17. The summed E-state index contributed by atoms with van der Waals surface area (Å²) in [6, 6.07) is 5.44. The fraction of sp³-hybridized carbons (Fsp3) is 0.588. The molecule has 1 aromatic carbocycles. The van der Waals surface area contributed by atoms with Gasteiger partial charge in [-0.2, -0.15) is 0 Å². The quantitative estimate of drug-likeness (QED) is 0.655. The van der Waals surface area contributed by atoms with Crippen LogP contribution in [0.2, 0.25) is 0 Å². The van der Waals surface area contributed by atoms with E-state index in [1.165, 1.54) is 0 Å². The maximum atomic E-state index is 12.0. The number of carbonyl (C=O) groups is 1. The summed E-state index contributed by atoms with van der Waals surface area (Å²) in [6.45, 7) is 7.27. The highest BCUT2D eigenvalue weighted by atomic mass is 16.5. The van der Waals surface area contributed by atoms with Crippen LogP contribution in [0.1, 0.15) is 38.7 Å². The Kier molecular flexibility index (Phi) is 8.36. The first kappa shape index (κ1) is 18.3. The number of aliphatic hydroxyl groups excluding tert-OH is 1. The molecule has 22 heavy (non-hydrogen) atoms. The van der Waals surface area contributed by atoms with E-state index < -0.39 is 0 Å². The van der Waals surface area contributed by atoms with Crippen molar-refractivity contribution in [1.29, 1.82) is 0 Å². The van der Waals surface area contributed by atoms with E-state index in [1.54, 1.807) is 0 Å². The van der Waals surface area contributed by atoms with Gasteiger partial charge in [0, 0.05) is 13.2 Å². The molecule has 5 heteroatoms. The number of hydrogen-bond acceptors (Lipinski definition) is 3. The number of nitrogens with one attached hydrogen (secondary N) is 2. The number of urea groups is 1. The minimum Gasteiger partial charge on any atom is -0.492 e. The molecular formula is C17H28N2O3. The first-order chi connectivity index (χ1) is 10.6. The van der Waals surface area contributed by atoms with Crippen LogP contribution in [0.5, 0.6) is 5.75 Å². The Balaban J connectivity index is 2.57. The van der Waals surface area contributed by atoms with Gasteiger partial charge in [0.15, 0.2) is 0 Å². The number of hydrogen-bond donors (Lipinski definition) is 3. The molecule has 1 unspecified atom stereocenters. The van der Waals surface area contributed by atoms with Crippen molar-refractivity contribution in [1.82, 2.24) is 5.32 Å². The van der Waals surface area contributed by atoms with Gasteiger partial charge in [0.2, 0.25) is 0 Å². The van der Waals surface area contributed by atoms with Crippen LogP contribution in [0.4, 0.5) is 10.5 Å². The summed E-state index contributed by atoms with van der Waals surface area (Å²) >= 11 is 0. The molecule has 124 valence electrons. The van der Waals surface area contributed by atoms with Crippen molar-refractivity contribution in [2.24, 2.45) is 5.92 Å². The van der Waals surface area contributed by atoms with Crippen LogP contribution in [0.3, 0.4) is 0 Å². The van der Waals surface area contributed by atoms with Crippen LogP contribution in [0.15, 0.2) is 18.2 Å². The molecule has 3 N–H and O–H groups in total. The standard InChI is InChI=1S/C17H28N2O3/c1-4-6-14(9-10-20)12-18-17(21)19-15-8-7-13(3)11-16(15)22-5-2/h7-8,11,14,20H,4-6,9-10,12H2,1-3H3,(H2,18,19,21). The molecule has 2 amide bonds. The highest BCUT2D eigenvalue weighted by Crippen LogP contribution is 2.25. The van der Waals surface area contributed by atoms with Gasteiger partial charge in [-0.25, -0.2) is 4.79 Å². The summed E-state index contributed by atoms with van der Waals surface area (Å²) in [5.74, 6) is 0.989. The van der Waals surface area contributed by atoms with Crippen LogP contribution in [-0.2, 0) is 0 Å². The van der Waals surface area contributed by atoms with Crippen LogP contribution in [0, 0.1) is 12.8 Å². The van der Waals surface area contributed by atoms with Gasteiger partial charge < -0.3 is 20.5 Å². The normalized spacial score (nSPS) is 11.8. The first-order valence-corrected chi connectivity index (χ1v) is 7.99. The summed E-state index contributed by atoms with van der Waals surface area (Å²) in [6.07, 6.45) is 2.75. The third-order valence-corrected chi connectivity index (χ3v) is 3.47. The van der Waals surface area contributed by atoms with E-state index in [1.807, 2.05) is 32.0 Å². The minimum absolute atomic E-state index is 0.153. The molecule has 0 fully saturated rings. The molecule has 0 bridgehead atoms. The largest absolute Gasteiger partial charge is 0.492 e. The molecule has 1 atom stereocenters. The van der Waals surface area contributed by atoms with Gasteiger partial charge >= 0.3 is 6.03 Å². The van der Waals surface area contributed by atoms with Gasteiger partial charge in [-0.15, -0.1) is 0 Å². The van der Waals surface area contributed by atoms with Crippen molar-refractivity contribution < 1.29 is 14.6 Å². The second kappa shape index (κ2) is 10.1. The molecule has 1 aromatic rings. The van der Waals surface area contributed by atoms with Crippen LogP contribution >= 0.6 is 0 Å². The summed E-state index contributed by atoms with van der Waals surface area (Å²) in [7, 11) is 0. The molecular weight excluding hydrogens is 280 g/mol. The van der Waals surface area contributed by atoms with Crippen LogP contribution < -0.4 is 15.4 Å². The van der Waals surface area contributed by atoms with Gasteiger partial charge in [-0.05, 0) is 50.3 Å². The Bertz CT molecular complexity index is 457. The van der Waals surface area contributed by atoms with Crippen molar-refractivity contribution in [3.8, 4) is 5.75 Å². The molecule has 0 spiro atoms. The van der Waals surface area contributed by atoms with Crippen LogP contribution in [-0.4, -0.2) is 30.9 Å². The van der Waals surface area contributed by atoms with Crippen molar-refractivity contribution in [2.75, 3.05) is 25.1 Å². The van der Waals surface area contributed by atoms with Gasteiger partial charge in [0.05, 0.1) is 12.3 Å². The van der Waals surface area contributed by atoms with E-state index in [0.29, 0.717) is 36.9 Å². The van der Waals surface area contributed by atoms with E-state index in [4.69, 9.17) is 9.84 Å². The zero-order valence-corrected chi connectivity index (χ0v) is 13.8. The maximum Gasteiger partial charge on any atom is 0.319 e. The number of aliphatic hydroxyl groups is 1. The average molecular weight is 308 g/mol. The van der Waals surface area contributed by atoms with Gasteiger partial charge in [0.1, 0.15) is 5.75 Å². The second-order valence-electron chi connectivity index (χ2n) is 5.43. The Labute approximate surface area is 133 Å². The molecule has 1 rings (SSSR count). The summed E-state index contributed by atoms with van der Waals surface area (Å²) < 4.78 is 5.55. The minimum atomic E-state index is -0.246. The Morgan fingerprint density at radius 1 is 1.32 bits per heavy atom. The number of benzene rings is 1. The predicted octanol–water partition coefficient (Wildman–Crippen LogP) is 3.31. The van der Waals surface area contributed by atoms with Crippen LogP contribution in [0.25, 0.3) is 0 Å². The fourth-order valence-electron chi connectivity index (χ4n) is 2.35. The molecule has 0 aromatic heterocycles. The maximum absolute atomic E-state index is 12.0. The monoisotopic (exact) mass is 308 g/mol. The predicted molar refractivity (Wildman–Crippen MR) is 89.5 cm³/mol. The van der Waals surface area contributed by atoms with E-state index in [9.17, 15) is 4.79 Å². The van der Waals surface area contributed by atoms with Gasteiger partial charge in [-0.1, -0.05) is 19.4 Å². The number of anilines is 1. The lowest BCUT2D eigenvalue weighted by molar-refractivity contribution is 0.236. The van der Waals surface area contributed by atoms with Gasteiger partial charge in [0.25, 0.3) is 0 Å². The second-order valence-corrected chi connectivity index (χ2v) is 5.43. The van der Waals surface area contributed by atoms with E-state index >= 15 is 0 Å². The molecule has 0 saturated heterocycles. The Morgan fingerprint density at radius 2 is 2.09 bits per heavy atom. The van der Waals surface area contributed by atoms with Gasteiger partial charge in [-0.3, -0.25) is 0 Å². The smallest absolute Gasteiger partial charge is 0.319 e. The zero-order chi connectivity index (χ0) is 16.4. The molecule has 5 nitrogen and oxygen atoms in total. The number of carbonyl (C=O) groups excluding carboxylic acids is 1. The molecule has 0 radical (unpaired) electrons. The number of amides is 2. The number of ether oxygens (including phenoxy) is 1. The van der Waals surface area contributed by atoms with Crippen molar-refractivity contribution in [2.45, 2.75) is 40.0 Å².